The summed E-state index contributed by atoms with van der Waals surface area (Å²) in [5.41, 5.74) is 21.3. The molecule has 0 fully saturated rings. The third-order valence-electron chi connectivity index (χ3n) is 14.4. The van der Waals surface area contributed by atoms with E-state index in [9.17, 15) is 0 Å². The van der Waals surface area contributed by atoms with Crippen LogP contribution in [0.4, 0.5) is 17.1 Å². The Morgan fingerprint density at radius 3 is 1.47 bits per heavy atom. The van der Waals surface area contributed by atoms with E-state index in [4.69, 9.17) is 4.74 Å². The second kappa shape index (κ2) is 16.5. The first-order valence-electron chi connectivity index (χ1n) is 23.5. The quantitative estimate of drug-likeness (QED) is 0.136. The molecule has 10 aromatic rings. The van der Waals surface area contributed by atoms with Gasteiger partial charge in [-0.2, -0.15) is 0 Å². The van der Waals surface area contributed by atoms with Gasteiger partial charge >= 0.3 is 0 Å². The number of hydrogen-bond acceptors (Lipinski definition) is 2. The zero-order valence-corrected chi connectivity index (χ0v) is 38.2. The summed E-state index contributed by atoms with van der Waals surface area (Å²) in [5, 5.41) is 0. The average molecular weight is 872 g/mol. The molecule has 2 heteroatoms. The molecule has 0 saturated heterocycles. The number of anilines is 3. The predicted octanol–water partition coefficient (Wildman–Crippen LogP) is 17.6. The van der Waals surface area contributed by atoms with Crippen LogP contribution < -0.4 is 9.64 Å². The first kappa shape index (κ1) is 41.0. The fourth-order valence-corrected chi connectivity index (χ4v) is 11.0. The summed E-state index contributed by atoms with van der Waals surface area (Å²) in [7, 11) is 0. The lowest BCUT2D eigenvalue weighted by atomic mass is 9.67. The van der Waals surface area contributed by atoms with Crippen molar-refractivity contribution in [2.75, 3.05) is 4.90 Å². The van der Waals surface area contributed by atoms with Crippen molar-refractivity contribution in [3.05, 3.63) is 288 Å². The second-order valence-electron chi connectivity index (χ2n) is 18.5. The molecular weight excluding hydrogens is 823 g/mol. The molecule has 68 heavy (non-hydrogen) atoms. The third-order valence-corrected chi connectivity index (χ3v) is 14.4. The Kier molecular flexibility index (Phi) is 9.92. The summed E-state index contributed by atoms with van der Waals surface area (Å²) < 4.78 is 6.36. The number of hydrogen-bond donors (Lipinski definition) is 0. The molecule has 324 valence electrons. The van der Waals surface area contributed by atoms with Gasteiger partial charge in [-0.25, -0.2) is 0 Å². The minimum absolute atomic E-state index is 0.120. The fraction of sp³-hybridized carbons (Fsp3) is 0.0606. The van der Waals surface area contributed by atoms with Crippen molar-refractivity contribution in [1.29, 1.82) is 0 Å². The highest BCUT2D eigenvalue weighted by Gasteiger charge is 2.46. The summed E-state index contributed by atoms with van der Waals surface area (Å²) in [4.78, 5) is 2.40. The van der Waals surface area contributed by atoms with Crippen molar-refractivity contribution in [3.63, 3.8) is 0 Å². The summed E-state index contributed by atoms with van der Waals surface area (Å²) in [5.74, 6) is 1.58. The lowest BCUT2D eigenvalue weighted by Crippen LogP contribution is -2.28. The van der Waals surface area contributed by atoms with Crippen molar-refractivity contribution < 1.29 is 4.74 Å². The summed E-state index contributed by atoms with van der Waals surface area (Å²) in [6.45, 7) is 8.60. The lowest BCUT2D eigenvalue weighted by Gasteiger charge is -2.34. The minimum atomic E-state index is -0.559. The Morgan fingerprint density at radius 1 is 0.368 bits per heavy atom. The van der Waals surface area contributed by atoms with Gasteiger partial charge in [0.2, 0.25) is 0 Å². The van der Waals surface area contributed by atoms with Gasteiger partial charge in [0.1, 0.15) is 11.5 Å². The van der Waals surface area contributed by atoms with E-state index in [1.807, 2.05) is 30.3 Å². The molecule has 1 unspecified atom stereocenters. The molecule has 0 heterocycles. The number of ether oxygens (including phenoxy) is 1. The van der Waals surface area contributed by atoms with Gasteiger partial charge in [0.05, 0.1) is 5.41 Å². The summed E-state index contributed by atoms with van der Waals surface area (Å²) in [6, 6.07) is 88.3. The van der Waals surface area contributed by atoms with Crippen molar-refractivity contribution in [3.8, 4) is 56.0 Å². The van der Waals surface area contributed by atoms with Crippen LogP contribution in [0.25, 0.3) is 50.6 Å². The van der Waals surface area contributed by atoms with Crippen LogP contribution in [-0.4, -0.2) is 0 Å². The summed E-state index contributed by atoms with van der Waals surface area (Å²) >= 11 is 0. The Balaban J connectivity index is 0.951. The first-order chi connectivity index (χ1) is 33.4. The molecular formula is C66H49NO. The first-order valence-corrected chi connectivity index (χ1v) is 23.5. The maximum Gasteiger partial charge on any atom is 0.127 e. The largest absolute Gasteiger partial charge is 0.457 e. The Bertz CT molecular complexity index is 3480. The van der Waals surface area contributed by atoms with E-state index >= 15 is 0 Å². The minimum Gasteiger partial charge on any atom is -0.457 e. The fourth-order valence-electron chi connectivity index (χ4n) is 11.0. The van der Waals surface area contributed by atoms with Gasteiger partial charge in [-0.1, -0.05) is 202 Å². The van der Waals surface area contributed by atoms with Gasteiger partial charge in [0.25, 0.3) is 0 Å². The van der Waals surface area contributed by atoms with Crippen LogP contribution in [-0.2, 0) is 10.8 Å². The van der Waals surface area contributed by atoms with Crippen molar-refractivity contribution in [2.24, 2.45) is 0 Å². The number of fused-ring (bicyclic) bond motifs is 6. The van der Waals surface area contributed by atoms with E-state index in [1.165, 1.54) is 72.3 Å². The van der Waals surface area contributed by atoms with E-state index in [-0.39, 0.29) is 5.41 Å². The molecule has 2 aliphatic carbocycles. The maximum absolute atomic E-state index is 6.36. The molecule has 0 amide bonds. The molecule has 10 aromatic carbocycles. The normalized spacial score (nSPS) is 14.9. The molecule has 0 saturated carbocycles. The van der Waals surface area contributed by atoms with E-state index < -0.39 is 5.41 Å². The smallest absolute Gasteiger partial charge is 0.127 e. The molecule has 0 bridgehead atoms. The van der Waals surface area contributed by atoms with E-state index in [2.05, 4.69) is 244 Å². The summed E-state index contributed by atoms with van der Waals surface area (Å²) in [6.07, 6.45) is 1.84. The van der Waals surface area contributed by atoms with Crippen LogP contribution in [0.3, 0.4) is 0 Å². The zero-order chi connectivity index (χ0) is 45.8. The van der Waals surface area contributed by atoms with E-state index in [1.54, 1.807) is 0 Å². The van der Waals surface area contributed by atoms with Gasteiger partial charge in [-0.05, 0) is 150 Å². The standard InChI is InChI=1S/C66H49NO/c1-4-45-23-37-55(38-24-45)68-56-39-30-51(31-40-56)66(50-17-9-6-10-18-50)62-22-14-12-20-58(62)60-41-29-49(43-64(60)66)48-27-34-53(35-28-48)67(52-32-25-47(26-33-52)46-15-7-5-8-16-46)54-36-42-59-57-19-11-13-21-61(57)65(2,3)63(59)44-54/h4-44H,1H2,2-3H3. The molecule has 0 aliphatic heterocycles. The van der Waals surface area contributed by atoms with Crippen LogP contribution in [0, 0.1) is 0 Å². The number of nitrogens with zero attached hydrogens (tertiary/aromatic N) is 1. The van der Waals surface area contributed by atoms with Gasteiger partial charge in [0, 0.05) is 22.5 Å². The van der Waals surface area contributed by atoms with Crippen LogP contribution in [0.5, 0.6) is 11.5 Å². The van der Waals surface area contributed by atoms with Crippen LogP contribution >= 0.6 is 0 Å². The van der Waals surface area contributed by atoms with Crippen molar-refractivity contribution >= 4 is 23.1 Å². The van der Waals surface area contributed by atoms with Gasteiger partial charge in [-0.15, -0.1) is 0 Å². The highest BCUT2D eigenvalue weighted by molar-refractivity contribution is 5.90. The number of benzene rings is 10. The molecule has 1 atom stereocenters. The SMILES string of the molecule is C=Cc1ccc(Oc2ccc(C3(c4ccccc4)c4ccccc4-c4ccc(-c5ccc(N(c6ccc(-c7ccccc7)cc6)c6ccc7c(c6)C(C)(C)c6ccccc6-7)cc5)cc43)cc2)cc1. The van der Waals surface area contributed by atoms with Crippen molar-refractivity contribution in [2.45, 2.75) is 24.7 Å². The molecule has 12 rings (SSSR count). The average Bonchev–Trinajstić information content (AvgIpc) is 3.82. The van der Waals surface area contributed by atoms with Gasteiger partial charge in [0.15, 0.2) is 0 Å². The van der Waals surface area contributed by atoms with Crippen LogP contribution in [0.2, 0.25) is 0 Å². The second-order valence-corrected chi connectivity index (χ2v) is 18.5. The Morgan fingerprint density at radius 2 is 0.824 bits per heavy atom. The maximum atomic E-state index is 6.36. The topological polar surface area (TPSA) is 12.5 Å². The molecule has 0 spiro atoms. The number of rotatable bonds is 10. The van der Waals surface area contributed by atoms with E-state index in [0.717, 1.165) is 39.7 Å². The van der Waals surface area contributed by atoms with Crippen LogP contribution in [0.1, 0.15) is 52.8 Å². The van der Waals surface area contributed by atoms with Crippen molar-refractivity contribution in [1.82, 2.24) is 0 Å². The Hall–Kier alpha value is -8.46. The van der Waals surface area contributed by atoms with Crippen LogP contribution in [0.15, 0.2) is 249 Å². The monoisotopic (exact) mass is 871 g/mol. The van der Waals surface area contributed by atoms with E-state index in [0.29, 0.717) is 0 Å². The molecule has 0 radical (unpaired) electrons. The predicted molar refractivity (Wildman–Crippen MR) is 283 cm³/mol. The molecule has 0 N–H and O–H groups in total. The van der Waals surface area contributed by atoms with Gasteiger partial charge in [-0.3, -0.25) is 0 Å². The third kappa shape index (κ3) is 6.71. The Labute approximate surface area is 399 Å². The lowest BCUT2D eigenvalue weighted by molar-refractivity contribution is 0.482. The molecule has 0 aromatic heterocycles. The molecule has 2 nitrogen and oxygen atoms in total. The highest BCUT2D eigenvalue weighted by Crippen LogP contribution is 2.57. The molecule has 2 aliphatic rings. The van der Waals surface area contributed by atoms with Gasteiger partial charge < -0.3 is 9.64 Å². The zero-order valence-electron chi connectivity index (χ0n) is 38.2. The highest BCUT2D eigenvalue weighted by atomic mass is 16.5.